The lowest BCUT2D eigenvalue weighted by molar-refractivity contribution is 0.416. The number of aromatic nitrogens is 4. The van der Waals surface area contributed by atoms with E-state index in [1.807, 2.05) is 36.5 Å². The van der Waals surface area contributed by atoms with Crippen molar-refractivity contribution in [3.8, 4) is 11.4 Å². The van der Waals surface area contributed by atoms with Crippen molar-refractivity contribution < 1.29 is 13.2 Å². The van der Waals surface area contributed by atoms with E-state index < -0.39 is 9.84 Å². The highest BCUT2D eigenvalue weighted by Crippen LogP contribution is 2.30. The Balaban J connectivity index is 1.54. The van der Waals surface area contributed by atoms with Crippen LogP contribution in [0.15, 0.2) is 78.2 Å². The molecule has 0 aliphatic rings. The molecule has 2 aromatic heterocycles. The minimum absolute atomic E-state index is 0.0134. The number of hydrogen-bond donors (Lipinski definition) is 2. The Morgan fingerprint density at radius 3 is 2.41 bits per heavy atom. The molecule has 2 heterocycles. The zero-order valence-electron chi connectivity index (χ0n) is 17.6. The fraction of sp³-hybridized carbons (Fsp3) is 0.136. The first-order valence-electron chi connectivity index (χ1n) is 9.85. The van der Waals surface area contributed by atoms with Gasteiger partial charge in [0.05, 0.1) is 29.1 Å². The van der Waals surface area contributed by atoms with Gasteiger partial charge in [0.25, 0.3) is 0 Å². The molecule has 0 spiro atoms. The Labute approximate surface area is 186 Å². The third-order valence-corrected chi connectivity index (χ3v) is 6.48. The molecule has 9 nitrogen and oxygen atoms in total. The molecule has 0 aliphatic carbocycles. The van der Waals surface area contributed by atoms with Crippen LogP contribution >= 0.6 is 0 Å². The van der Waals surface area contributed by atoms with E-state index in [0.29, 0.717) is 23.1 Å². The highest BCUT2D eigenvalue weighted by molar-refractivity contribution is 7.91. The summed E-state index contributed by atoms with van der Waals surface area (Å²) in [5.74, 6) is 1.58. The fourth-order valence-electron chi connectivity index (χ4n) is 3.04. The molecule has 4 aromatic rings. The van der Waals surface area contributed by atoms with Crippen molar-refractivity contribution in [2.75, 3.05) is 23.5 Å². The van der Waals surface area contributed by atoms with Crippen LogP contribution in [0.3, 0.4) is 0 Å². The van der Waals surface area contributed by atoms with Gasteiger partial charge in [0, 0.05) is 24.1 Å². The van der Waals surface area contributed by atoms with E-state index >= 15 is 0 Å². The Morgan fingerprint density at radius 2 is 1.75 bits per heavy atom. The summed E-state index contributed by atoms with van der Waals surface area (Å²) in [6, 6.07) is 16.0. The number of anilines is 4. The number of sulfone groups is 1. The van der Waals surface area contributed by atoms with Crippen molar-refractivity contribution in [1.82, 2.24) is 19.7 Å². The molecule has 164 valence electrons. The molecular formula is C22H22N6O3S. The van der Waals surface area contributed by atoms with Gasteiger partial charge in [-0.15, -0.1) is 0 Å². The molecule has 10 heteroatoms. The largest absolute Gasteiger partial charge is 0.495 e. The van der Waals surface area contributed by atoms with Gasteiger partial charge in [-0.1, -0.05) is 6.92 Å². The second-order valence-electron chi connectivity index (χ2n) is 6.80. The molecule has 0 aliphatic heterocycles. The van der Waals surface area contributed by atoms with Gasteiger partial charge in [0.1, 0.15) is 23.7 Å². The number of nitrogens with one attached hydrogen (secondary N) is 2. The average Bonchev–Trinajstić information content (AvgIpc) is 3.35. The van der Waals surface area contributed by atoms with Crippen LogP contribution in [0.2, 0.25) is 0 Å². The van der Waals surface area contributed by atoms with Crippen LogP contribution in [0.1, 0.15) is 6.92 Å². The summed E-state index contributed by atoms with van der Waals surface area (Å²) in [4.78, 5) is 8.70. The van der Waals surface area contributed by atoms with E-state index in [-0.39, 0.29) is 10.6 Å². The maximum Gasteiger partial charge on any atom is 0.178 e. The highest BCUT2D eigenvalue weighted by Gasteiger charge is 2.15. The smallest absolute Gasteiger partial charge is 0.178 e. The van der Waals surface area contributed by atoms with Gasteiger partial charge in [0.15, 0.2) is 9.84 Å². The maximum absolute atomic E-state index is 12.3. The number of nitrogens with zero attached hydrogens (tertiary/aromatic N) is 4. The Kier molecular flexibility index (Phi) is 6.04. The van der Waals surface area contributed by atoms with Crippen LogP contribution in [0.4, 0.5) is 23.0 Å². The van der Waals surface area contributed by atoms with Crippen LogP contribution < -0.4 is 15.4 Å². The van der Waals surface area contributed by atoms with Crippen LogP contribution in [0.5, 0.6) is 5.75 Å². The van der Waals surface area contributed by atoms with Crippen LogP contribution in [0, 0.1) is 0 Å². The number of hydrogen-bond acceptors (Lipinski definition) is 8. The number of benzene rings is 2. The molecule has 0 atom stereocenters. The van der Waals surface area contributed by atoms with Crippen molar-refractivity contribution in [2.24, 2.45) is 0 Å². The molecule has 0 saturated carbocycles. The van der Waals surface area contributed by atoms with Crippen LogP contribution in [-0.4, -0.2) is 41.0 Å². The van der Waals surface area contributed by atoms with Crippen LogP contribution in [-0.2, 0) is 9.84 Å². The first kappa shape index (κ1) is 21.3. The molecule has 32 heavy (non-hydrogen) atoms. The first-order valence-corrected chi connectivity index (χ1v) is 11.5. The van der Waals surface area contributed by atoms with Gasteiger partial charge in [-0.3, -0.25) is 0 Å². The average molecular weight is 451 g/mol. The summed E-state index contributed by atoms with van der Waals surface area (Å²) in [5, 5.41) is 10.6. The Hall–Kier alpha value is -3.92. The standard InChI is InChI=1S/C22H22N6O3S/c1-3-32(29,30)18-9-10-20(31-2)19(13-18)27-22-14-21(23-15-24-22)26-16-5-7-17(8-6-16)28-12-4-11-25-28/h4-15H,3H2,1-2H3,(H2,23,24,26,27). The second-order valence-corrected chi connectivity index (χ2v) is 9.08. The molecule has 0 saturated heterocycles. The van der Waals surface area contributed by atoms with E-state index in [2.05, 4.69) is 25.7 Å². The molecule has 2 aromatic carbocycles. The lowest BCUT2D eigenvalue weighted by atomic mass is 10.2. The summed E-state index contributed by atoms with van der Waals surface area (Å²) in [6.45, 7) is 1.61. The zero-order chi connectivity index (χ0) is 22.6. The molecule has 0 bridgehead atoms. The summed E-state index contributed by atoms with van der Waals surface area (Å²) < 4.78 is 31.6. The van der Waals surface area contributed by atoms with Gasteiger partial charge in [-0.05, 0) is 48.5 Å². The SMILES string of the molecule is CCS(=O)(=O)c1ccc(OC)c(Nc2cc(Nc3ccc(-n4cccn4)cc3)ncn2)c1. The highest BCUT2D eigenvalue weighted by atomic mass is 32.2. The zero-order valence-corrected chi connectivity index (χ0v) is 18.4. The van der Waals surface area contributed by atoms with Gasteiger partial charge < -0.3 is 15.4 Å². The molecule has 2 N–H and O–H groups in total. The van der Waals surface area contributed by atoms with E-state index in [1.165, 1.54) is 19.5 Å². The minimum Gasteiger partial charge on any atom is -0.495 e. The lowest BCUT2D eigenvalue weighted by Gasteiger charge is -2.13. The molecule has 0 fully saturated rings. The summed E-state index contributed by atoms with van der Waals surface area (Å²) in [7, 11) is -1.83. The molecule has 0 amide bonds. The van der Waals surface area contributed by atoms with E-state index in [0.717, 1.165) is 11.4 Å². The Morgan fingerprint density at radius 1 is 1.00 bits per heavy atom. The van der Waals surface area contributed by atoms with Crippen LogP contribution in [0.25, 0.3) is 5.69 Å². The molecule has 4 rings (SSSR count). The third-order valence-electron chi connectivity index (χ3n) is 4.75. The lowest BCUT2D eigenvalue weighted by Crippen LogP contribution is -2.05. The van der Waals surface area contributed by atoms with Gasteiger partial charge in [-0.25, -0.2) is 23.1 Å². The second kappa shape index (κ2) is 9.06. The third kappa shape index (κ3) is 4.70. The monoisotopic (exact) mass is 450 g/mol. The number of ether oxygens (including phenoxy) is 1. The number of rotatable bonds is 8. The van der Waals surface area contributed by atoms with E-state index in [4.69, 9.17) is 4.74 Å². The van der Waals surface area contributed by atoms with Crippen molar-refractivity contribution in [3.63, 3.8) is 0 Å². The van der Waals surface area contributed by atoms with Gasteiger partial charge >= 0.3 is 0 Å². The molecule has 0 unspecified atom stereocenters. The Bertz CT molecular complexity index is 1310. The quantitative estimate of drug-likeness (QED) is 0.415. The van der Waals surface area contributed by atoms with Crippen molar-refractivity contribution >= 4 is 32.8 Å². The minimum atomic E-state index is -3.35. The molecule has 0 radical (unpaired) electrons. The topological polar surface area (TPSA) is 111 Å². The summed E-state index contributed by atoms with van der Waals surface area (Å²) >= 11 is 0. The summed E-state index contributed by atoms with van der Waals surface area (Å²) in [5.41, 5.74) is 2.29. The van der Waals surface area contributed by atoms with Crippen molar-refractivity contribution in [3.05, 3.63) is 73.3 Å². The molecular weight excluding hydrogens is 428 g/mol. The summed E-state index contributed by atoms with van der Waals surface area (Å²) in [6.07, 6.45) is 5.02. The fourth-order valence-corrected chi connectivity index (χ4v) is 3.95. The first-order chi connectivity index (χ1) is 15.5. The van der Waals surface area contributed by atoms with Gasteiger partial charge in [0.2, 0.25) is 0 Å². The predicted octanol–water partition coefficient (Wildman–Crippen LogP) is 3.95. The van der Waals surface area contributed by atoms with E-state index in [9.17, 15) is 8.42 Å². The van der Waals surface area contributed by atoms with Gasteiger partial charge in [-0.2, -0.15) is 5.10 Å². The maximum atomic E-state index is 12.3. The van der Waals surface area contributed by atoms with E-state index in [1.54, 1.807) is 36.0 Å². The normalized spacial score (nSPS) is 11.2. The van der Waals surface area contributed by atoms with Crippen molar-refractivity contribution in [2.45, 2.75) is 11.8 Å². The number of methoxy groups -OCH3 is 1. The van der Waals surface area contributed by atoms with Crippen molar-refractivity contribution in [1.29, 1.82) is 0 Å². The predicted molar refractivity (Wildman–Crippen MR) is 123 cm³/mol.